The molecular weight excluding hydrogens is 350 g/mol. The lowest BCUT2D eigenvalue weighted by atomic mass is 9.95. The Bertz CT molecular complexity index is 542. The number of rotatable bonds is 9. The monoisotopic (exact) mass is 381 g/mol. The van der Waals surface area contributed by atoms with Crippen molar-refractivity contribution >= 4 is 29.9 Å². The Morgan fingerprint density at radius 3 is 2.27 bits per heavy atom. The van der Waals surface area contributed by atoms with E-state index in [4.69, 9.17) is 5.73 Å². The molecule has 1 fully saturated rings. The maximum Gasteiger partial charge on any atom is 0.251 e. The van der Waals surface area contributed by atoms with Crippen molar-refractivity contribution in [2.45, 2.75) is 70.3 Å². The van der Waals surface area contributed by atoms with E-state index in [0.29, 0.717) is 24.6 Å². The molecule has 4 N–H and O–H groups in total. The molecule has 0 heterocycles. The Kier molecular flexibility index (Phi) is 11.0. The standard InChI is InChI=1S/C20H31N3O2.ClH/c21-15-7-2-1-6-10-19(24)22-18-13-11-16(12-14-18)20(25)23-17-8-4-3-5-9-17;/h11-14,17H,1-10,15,21H2,(H,22,24)(H,23,25);1H. The van der Waals surface area contributed by atoms with Gasteiger partial charge in [0.15, 0.2) is 0 Å². The van der Waals surface area contributed by atoms with E-state index in [-0.39, 0.29) is 24.2 Å². The number of nitrogens with one attached hydrogen (secondary N) is 2. The van der Waals surface area contributed by atoms with Gasteiger partial charge in [-0.3, -0.25) is 9.59 Å². The third-order valence-electron chi connectivity index (χ3n) is 4.73. The largest absolute Gasteiger partial charge is 0.349 e. The summed E-state index contributed by atoms with van der Waals surface area (Å²) in [5.41, 5.74) is 6.83. The van der Waals surface area contributed by atoms with Gasteiger partial charge in [0.1, 0.15) is 0 Å². The number of benzene rings is 1. The molecule has 0 spiro atoms. The Balaban J connectivity index is 0.00000338. The predicted octanol–water partition coefficient (Wildman–Crippen LogP) is 4.02. The van der Waals surface area contributed by atoms with E-state index in [1.807, 2.05) is 0 Å². The lowest BCUT2D eigenvalue weighted by Crippen LogP contribution is -2.36. The van der Waals surface area contributed by atoms with Crippen molar-refractivity contribution in [2.75, 3.05) is 11.9 Å². The highest BCUT2D eigenvalue weighted by molar-refractivity contribution is 5.96. The van der Waals surface area contributed by atoms with Crippen molar-refractivity contribution in [1.82, 2.24) is 5.32 Å². The second kappa shape index (κ2) is 12.7. The summed E-state index contributed by atoms with van der Waals surface area (Å²) in [5, 5.41) is 5.99. The number of halogens is 1. The van der Waals surface area contributed by atoms with E-state index in [2.05, 4.69) is 10.6 Å². The molecule has 0 radical (unpaired) electrons. The van der Waals surface area contributed by atoms with Gasteiger partial charge in [0.05, 0.1) is 0 Å². The van der Waals surface area contributed by atoms with Crippen molar-refractivity contribution in [2.24, 2.45) is 5.73 Å². The van der Waals surface area contributed by atoms with E-state index >= 15 is 0 Å². The van der Waals surface area contributed by atoms with Gasteiger partial charge in [-0.2, -0.15) is 0 Å². The molecule has 1 aliphatic carbocycles. The molecule has 1 saturated carbocycles. The number of nitrogens with two attached hydrogens (primary N) is 1. The van der Waals surface area contributed by atoms with Crippen molar-refractivity contribution in [3.05, 3.63) is 29.8 Å². The number of hydrogen-bond donors (Lipinski definition) is 3. The van der Waals surface area contributed by atoms with Gasteiger partial charge in [-0.05, 0) is 56.5 Å². The normalized spacial score (nSPS) is 14.3. The van der Waals surface area contributed by atoms with Gasteiger partial charge in [0, 0.05) is 23.7 Å². The topological polar surface area (TPSA) is 84.2 Å². The average Bonchev–Trinajstić information content (AvgIpc) is 2.63. The molecule has 0 aromatic heterocycles. The van der Waals surface area contributed by atoms with Crippen LogP contribution in [-0.4, -0.2) is 24.4 Å². The van der Waals surface area contributed by atoms with Crippen molar-refractivity contribution < 1.29 is 9.59 Å². The van der Waals surface area contributed by atoms with Crippen LogP contribution in [0.3, 0.4) is 0 Å². The van der Waals surface area contributed by atoms with Crippen molar-refractivity contribution in [1.29, 1.82) is 0 Å². The lowest BCUT2D eigenvalue weighted by molar-refractivity contribution is -0.116. The summed E-state index contributed by atoms with van der Waals surface area (Å²) in [5.74, 6) is -0.00293. The fourth-order valence-electron chi connectivity index (χ4n) is 3.23. The molecule has 0 bridgehead atoms. The van der Waals surface area contributed by atoms with Gasteiger partial charge in [0.2, 0.25) is 5.91 Å². The fraction of sp³-hybridized carbons (Fsp3) is 0.600. The number of carbonyl (C=O) groups is 2. The summed E-state index contributed by atoms with van der Waals surface area (Å²) in [7, 11) is 0. The van der Waals surface area contributed by atoms with Crippen LogP contribution in [0.25, 0.3) is 0 Å². The van der Waals surface area contributed by atoms with Gasteiger partial charge in [-0.25, -0.2) is 0 Å². The third kappa shape index (κ3) is 8.19. The summed E-state index contributed by atoms with van der Waals surface area (Å²) >= 11 is 0. The second-order valence-corrected chi connectivity index (χ2v) is 6.89. The summed E-state index contributed by atoms with van der Waals surface area (Å²) in [6, 6.07) is 7.44. The van der Waals surface area contributed by atoms with Crippen LogP contribution >= 0.6 is 12.4 Å². The van der Waals surface area contributed by atoms with Crippen LogP contribution in [-0.2, 0) is 4.79 Å². The Labute approximate surface area is 162 Å². The number of unbranched alkanes of at least 4 members (excludes halogenated alkanes) is 3. The highest BCUT2D eigenvalue weighted by atomic mass is 35.5. The van der Waals surface area contributed by atoms with E-state index < -0.39 is 0 Å². The van der Waals surface area contributed by atoms with E-state index in [0.717, 1.165) is 44.2 Å². The molecule has 0 aliphatic heterocycles. The molecular formula is C20H32ClN3O2. The minimum atomic E-state index is -0.0234. The molecule has 26 heavy (non-hydrogen) atoms. The van der Waals surface area contributed by atoms with Gasteiger partial charge < -0.3 is 16.4 Å². The predicted molar refractivity (Wildman–Crippen MR) is 109 cm³/mol. The van der Waals surface area contributed by atoms with E-state index in [1.165, 1.54) is 19.3 Å². The molecule has 1 aliphatic rings. The SMILES string of the molecule is Cl.NCCCCCCC(=O)Nc1ccc(C(=O)NC2CCCCC2)cc1. The number of carbonyl (C=O) groups excluding carboxylic acids is 2. The van der Waals surface area contributed by atoms with Crippen LogP contribution in [0.15, 0.2) is 24.3 Å². The third-order valence-corrected chi connectivity index (χ3v) is 4.73. The molecule has 146 valence electrons. The number of anilines is 1. The van der Waals surface area contributed by atoms with Crippen LogP contribution in [0.2, 0.25) is 0 Å². The molecule has 5 nitrogen and oxygen atoms in total. The smallest absolute Gasteiger partial charge is 0.251 e. The molecule has 1 aromatic rings. The first-order chi connectivity index (χ1) is 12.2. The summed E-state index contributed by atoms with van der Waals surface area (Å²) in [6.45, 7) is 0.715. The van der Waals surface area contributed by atoms with Crippen LogP contribution in [0, 0.1) is 0 Å². The fourth-order valence-corrected chi connectivity index (χ4v) is 3.23. The lowest BCUT2D eigenvalue weighted by Gasteiger charge is -2.22. The van der Waals surface area contributed by atoms with Crippen LogP contribution < -0.4 is 16.4 Å². The Morgan fingerprint density at radius 2 is 1.62 bits per heavy atom. The molecule has 1 aromatic carbocycles. The minimum absolute atomic E-state index is 0. The first kappa shape index (κ1) is 22.5. The highest BCUT2D eigenvalue weighted by Crippen LogP contribution is 2.18. The Morgan fingerprint density at radius 1 is 0.962 bits per heavy atom. The molecule has 2 amide bonds. The summed E-state index contributed by atoms with van der Waals surface area (Å²) in [4.78, 5) is 24.2. The number of hydrogen-bond acceptors (Lipinski definition) is 3. The van der Waals surface area contributed by atoms with Crippen LogP contribution in [0.1, 0.15) is 74.6 Å². The minimum Gasteiger partial charge on any atom is -0.349 e. The first-order valence-corrected chi connectivity index (χ1v) is 9.60. The van der Waals surface area contributed by atoms with Crippen LogP contribution in [0.5, 0.6) is 0 Å². The quantitative estimate of drug-likeness (QED) is 0.565. The van der Waals surface area contributed by atoms with Crippen molar-refractivity contribution in [3.63, 3.8) is 0 Å². The van der Waals surface area contributed by atoms with Crippen LogP contribution in [0.4, 0.5) is 5.69 Å². The first-order valence-electron chi connectivity index (χ1n) is 9.60. The zero-order chi connectivity index (χ0) is 17.9. The average molecular weight is 382 g/mol. The summed E-state index contributed by atoms with van der Waals surface area (Å²) < 4.78 is 0. The zero-order valence-electron chi connectivity index (χ0n) is 15.5. The maximum absolute atomic E-state index is 12.3. The van der Waals surface area contributed by atoms with Gasteiger partial charge in [0.25, 0.3) is 5.91 Å². The number of amides is 2. The zero-order valence-corrected chi connectivity index (χ0v) is 16.3. The molecule has 0 saturated heterocycles. The molecule has 2 rings (SSSR count). The summed E-state index contributed by atoms with van der Waals surface area (Å²) in [6.07, 6.45) is 10.3. The molecule has 0 unspecified atom stereocenters. The molecule has 6 heteroatoms. The van der Waals surface area contributed by atoms with Crippen molar-refractivity contribution in [3.8, 4) is 0 Å². The second-order valence-electron chi connectivity index (χ2n) is 6.89. The van der Waals surface area contributed by atoms with Gasteiger partial charge in [-0.1, -0.05) is 32.1 Å². The van der Waals surface area contributed by atoms with E-state index in [9.17, 15) is 9.59 Å². The van der Waals surface area contributed by atoms with Gasteiger partial charge in [-0.15, -0.1) is 12.4 Å². The molecule has 0 atom stereocenters. The van der Waals surface area contributed by atoms with E-state index in [1.54, 1.807) is 24.3 Å². The highest BCUT2D eigenvalue weighted by Gasteiger charge is 2.16. The maximum atomic E-state index is 12.3. The Hall–Kier alpha value is -1.59. The van der Waals surface area contributed by atoms with Gasteiger partial charge >= 0.3 is 0 Å².